The van der Waals surface area contributed by atoms with Gasteiger partial charge in [-0.15, -0.1) is 4.72 Å². The highest BCUT2D eigenvalue weighted by Gasteiger charge is 2.34. The third kappa shape index (κ3) is 6.41. The molecule has 4 nitrogen and oxygen atoms in total. The van der Waals surface area contributed by atoms with E-state index < -0.39 is 39.9 Å². The van der Waals surface area contributed by atoms with Crippen LogP contribution in [0.25, 0.3) is 0 Å². The highest BCUT2D eigenvalue weighted by molar-refractivity contribution is 14.1. The van der Waals surface area contributed by atoms with Gasteiger partial charge in [0.15, 0.2) is 0 Å². The summed E-state index contributed by atoms with van der Waals surface area (Å²) in [5, 5.41) is 0. The molecule has 0 radical (unpaired) electrons. The molecule has 2 atom stereocenters. The Kier molecular flexibility index (Phi) is 7.39. The fourth-order valence-corrected chi connectivity index (χ4v) is 3.29. The SMILES string of the molecule is COC(=O)C[C@H](N[S+]([O-])C(C)(C)C)c1cc(I)cc(C(F)(F)F)c1. The Morgan fingerprint density at radius 1 is 1.33 bits per heavy atom. The van der Waals surface area contributed by atoms with Crippen LogP contribution in [0.1, 0.15) is 44.4 Å². The van der Waals surface area contributed by atoms with Gasteiger partial charge in [-0.25, -0.2) is 0 Å². The molecule has 0 amide bonds. The molecule has 0 aliphatic heterocycles. The van der Waals surface area contributed by atoms with Gasteiger partial charge in [-0.2, -0.15) is 13.2 Å². The third-order valence-electron chi connectivity index (χ3n) is 3.05. The summed E-state index contributed by atoms with van der Waals surface area (Å²) < 4.78 is 58.4. The number of esters is 1. The maximum Gasteiger partial charge on any atom is 0.416 e. The molecule has 0 bridgehead atoms. The lowest BCUT2D eigenvalue weighted by atomic mass is 10.0. The standard InChI is InChI=1S/C15H19F3INO3S/c1-14(2,3)24(22)20-12(8-13(21)23-4)9-5-10(15(16,17)18)7-11(19)6-9/h5-7,12,20H,8H2,1-4H3/t12-,24?/m0/s1. The van der Waals surface area contributed by atoms with E-state index in [1.54, 1.807) is 43.4 Å². The van der Waals surface area contributed by atoms with E-state index in [2.05, 4.69) is 9.46 Å². The van der Waals surface area contributed by atoms with E-state index in [0.29, 0.717) is 3.57 Å². The van der Waals surface area contributed by atoms with E-state index in [4.69, 9.17) is 0 Å². The summed E-state index contributed by atoms with van der Waals surface area (Å²) in [6, 6.07) is 2.65. The molecule has 0 aliphatic rings. The predicted octanol–water partition coefficient (Wildman–Crippen LogP) is 3.97. The highest BCUT2D eigenvalue weighted by atomic mass is 127. The molecule has 0 saturated heterocycles. The summed E-state index contributed by atoms with van der Waals surface area (Å²) in [4.78, 5) is 11.6. The Morgan fingerprint density at radius 3 is 2.38 bits per heavy atom. The highest BCUT2D eigenvalue weighted by Crippen LogP contribution is 2.33. The molecule has 1 unspecified atom stereocenters. The molecule has 0 aliphatic carbocycles. The van der Waals surface area contributed by atoms with Crippen LogP contribution < -0.4 is 4.72 Å². The number of carbonyl (C=O) groups excluding carboxylic acids is 1. The van der Waals surface area contributed by atoms with Crippen molar-refractivity contribution in [2.75, 3.05) is 7.11 Å². The van der Waals surface area contributed by atoms with Gasteiger partial charge in [-0.1, -0.05) is 0 Å². The van der Waals surface area contributed by atoms with E-state index in [1.165, 1.54) is 13.2 Å². The van der Waals surface area contributed by atoms with Crippen molar-refractivity contribution >= 4 is 39.9 Å². The number of carbonyl (C=O) groups is 1. The minimum absolute atomic E-state index is 0.226. The second-order valence-corrected chi connectivity index (χ2v) is 9.35. The van der Waals surface area contributed by atoms with Crippen LogP contribution in [0.15, 0.2) is 18.2 Å². The zero-order valence-electron chi connectivity index (χ0n) is 13.7. The van der Waals surface area contributed by atoms with E-state index in [9.17, 15) is 22.5 Å². The summed E-state index contributed by atoms with van der Waals surface area (Å²) in [7, 11) is 1.19. The van der Waals surface area contributed by atoms with Gasteiger partial charge in [-0.05, 0) is 67.1 Å². The van der Waals surface area contributed by atoms with Crippen LogP contribution in [0.5, 0.6) is 0 Å². The molecule has 1 N–H and O–H groups in total. The number of nitrogens with one attached hydrogen (secondary N) is 1. The molecular weight excluding hydrogens is 458 g/mol. The smallest absolute Gasteiger partial charge is 0.416 e. The van der Waals surface area contributed by atoms with Gasteiger partial charge in [0.1, 0.15) is 4.75 Å². The largest absolute Gasteiger partial charge is 0.598 e. The number of alkyl halides is 3. The first kappa shape index (κ1) is 21.5. The Labute approximate surface area is 156 Å². The maximum absolute atomic E-state index is 13.0. The second kappa shape index (κ2) is 8.24. The summed E-state index contributed by atoms with van der Waals surface area (Å²) in [5.41, 5.74) is -0.583. The fraction of sp³-hybridized carbons (Fsp3) is 0.533. The van der Waals surface area contributed by atoms with Crippen molar-refractivity contribution in [3.8, 4) is 0 Å². The number of hydrogen-bond acceptors (Lipinski definition) is 4. The van der Waals surface area contributed by atoms with Gasteiger partial charge in [0.25, 0.3) is 0 Å². The molecule has 9 heteroatoms. The number of rotatable bonds is 5. The first-order valence-corrected chi connectivity index (χ1v) is 9.20. The van der Waals surface area contributed by atoms with E-state index in [-0.39, 0.29) is 12.0 Å². The van der Waals surface area contributed by atoms with Gasteiger partial charge in [0.05, 0.1) is 25.1 Å². The van der Waals surface area contributed by atoms with Crippen molar-refractivity contribution in [2.24, 2.45) is 0 Å². The monoisotopic (exact) mass is 477 g/mol. The average Bonchev–Trinajstić information content (AvgIpc) is 2.43. The van der Waals surface area contributed by atoms with Gasteiger partial charge in [0, 0.05) is 14.9 Å². The van der Waals surface area contributed by atoms with Crippen LogP contribution in [0.2, 0.25) is 0 Å². The van der Waals surface area contributed by atoms with Gasteiger partial charge < -0.3 is 9.29 Å². The zero-order chi connectivity index (χ0) is 18.7. The molecule has 1 rings (SSSR count). The first-order chi connectivity index (χ1) is 10.8. The minimum Gasteiger partial charge on any atom is -0.598 e. The molecule has 24 heavy (non-hydrogen) atoms. The van der Waals surface area contributed by atoms with Crippen molar-refractivity contribution in [1.82, 2.24) is 4.72 Å². The van der Waals surface area contributed by atoms with Crippen molar-refractivity contribution in [2.45, 2.75) is 44.2 Å². The van der Waals surface area contributed by atoms with Crippen LogP contribution >= 0.6 is 22.6 Å². The summed E-state index contributed by atoms with van der Waals surface area (Å²) in [6.07, 6.45) is -4.73. The Morgan fingerprint density at radius 2 is 1.92 bits per heavy atom. The van der Waals surface area contributed by atoms with Crippen molar-refractivity contribution in [3.05, 3.63) is 32.9 Å². The van der Waals surface area contributed by atoms with E-state index in [0.717, 1.165) is 12.1 Å². The van der Waals surface area contributed by atoms with Gasteiger partial charge in [-0.3, -0.25) is 4.79 Å². The average molecular weight is 477 g/mol. The van der Waals surface area contributed by atoms with Crippen LogP contribution in [0.4, 0.5) is 13.2 Å². The second-order valence-electron chi connectivity index (χ2n) is 6.10. The van der Waals surface area contributed by atoms with Gasteiger partial charge >= 0.3 is 12.1 Å². The lowest BCUT2D eigenvalue weighted by molar-refractivity contribution is -0.141. The van der Waals surface area contributed by atoms with Crippen LogP contribution in [-0.4, -0.2) is 22.4 Å². The molecular formula is C15H19F3INO3S. The number of ether oxygens (including phenoxy) is 1. The Hall–Kier alpha value is -0.520. The molecule has 0 saturated carbocycles. The first-order valence-electron chi connectivity index (χ1n) is 6.97. The molecule has 1 aromatic rings. The number of hydrogen-bond donors (Lipinski definition) is 1. The Balaban J connectivity index is 3.23. The van der Waals surface area contributed by atoms with Crippen LogP contribution in [-0.2, 0) is 27.1 Å². The van der Waals surface area contributed by atoms with Crippen LogP contribution in [0.3, 0.4) is 0 Å². The normalized spacial score (nSPS) is 15.0. The molecule has 0 fully saturated rings. The van der Waals surface area contributed by atoms with Gasteiger partial charge in [0.2, 0.25) is 0 Å². The number of methoxy groups -OCH3 is 1. The maximum atomic E-state index is 13.0. The predicted molar refractivity (Wildman–Crippen MR) is 94.6 cm³/mol. The van der Waals surface area contributed by atoms with E-state index >= 15 is 0 Å². The molecule has 0 spiro atoms. The van der Waals surface area contributed by atoms with Crippen molar-refractivity contribution < 1.29 is 27.3 Å². The van der Waals surface area contributed by atoms with E-state index in [1.807, 2.05) is 0 Å². The van der Waals surface area contributed by atoms with Crippen LogP contribution in [0, 0.1) is 3.57 Å². The lowest BCUT2D eigenvalue weighted by Crippen LogP contribution is -2.42. The Bertz CT molecular complexity index is 590. The number of benzene rings is 1. The topological polar surface area (TPSA) is 61.4 Å². The molecule has 1 aromatic carbocycles. The quantitative estimate of drug-likeness (QED) is 0.396. The summed E-state index contributed by atoms with van der Waals surface area (Å²) >= 11 is 0.215. The summed E-state index contributed by atoms with van der Waals surface area (Å²) in [5.74, 6) is -0.606. The molecule has 0 aromatic heterocycles. The van der Waals surface area contributed by atoms with Crippen molar-refractivity contribution in [1.29, 1.82) is 0 Å². The lowest BCUT2D eigenvalue weighted by Gasteiger charge is -2.28. The fourth-order valence-electron chi connectivity index (χ4n) is 1.76. The summed E-state index contributed by atoms with van der Waals surface area (Å²) in [6.45, 7) is 5.17. The molecule has 0 heterocycles. The number of halogens is 4. The van der Waals surface area contributed by atoms with Crippen molar-refractivity contribution in [3.63, 3.8) is 0 Å². The molecule has 136 valence electrons. The minimum atomic E-state index is -4.51. The third-order valence-corrected chi connectivity index (χ3v) is 5.29. The zero-order valence-corrected chi connectivity index (χ0v) is 16.6.